The minimum Gasteiger partial charge on any atom is -0.494 e. The van der Waals surface area contributed by atoms with Gasteiger partial charge >= 0.3 is 16.3 Å². The standard InChI is InChI=1S/C24H25FN4O5S.C6H6O3S/c25-35(31,32)22-5-3-4-19(16-22)29-24(30)28-18-8-12-21(13-9-18)34-15-2-1-14-33-20-10-6-17(7-11-20)23(26)27;7-10(8,9)6-4-2-1-3-5-6/h3-13,16H,1-2,14-15H2,(H3,26,27)(H2,28,29,30);1-5H,(H,7,8,9). The van der Waals surface area contributed by atoms with Crippen molar-refractivity contribution in [2.24, 2.45) is 5.73 Å². The number of amides is 2. The number of benzene rings is 4. The van der Waals surface area contributed by atoms with Gasteiger partial charge in [-0.2, -0.15) is 16.8 Å². The zero-order chi connectivity index (χ0) is 32.9. The predicted octanol–water partition coefficient (Wildman–Crippen LogP) is 5.44. The van der Waals surface area contributed by atoms with Crippen molar-refractivity contribution in [1.29, 1.82) is 5.41 Å². The summed E-state index contributed by atoms with van der Waals surface area (Å²) < 4.78 is 75.6. The van der Waals surface area contributed by atoms with Crippen molar-refractivity contribution >= 4 is 43.6 Å². The van der Waals surface area contributed by atoms with Crippen LogP contribution in [-0.2, 0) is 20.3 Å². The van der Waals surface area contributed by atoms with E-state index in [1.54, 1.807) is 66.7 Å². The number of ether oxygens (including phenoxy) is 2. The van der Waals surface area contributed by atoms with Crippen molar-refractivity contribution in [3.8, 4) is 11.5 Å². The SMILES string of the molecule is N=C(N)c1ccc(OCCCCOc2ccc(NC(=O)Nc3cccc(S(=O)(=O)F)c3)cc2)cc1.O=S(=O)(O)c1ccccc1. The molecule has 0 aromatic heterocycles. The van der Waals surface area contributed by atoms with Crippen molar-refractivity contribution in [1.82, 2.24) is 0 Å². The fraction of sp³-hybridized carbons (Fsp3) is 0.133. The highest BCUT2D eigenvalue weighted by Crippen LogP contribution is 2.19. The van der Waals surface area contributed by atoms with Gasteiger partial charge in [0.2, 0.25) is 0 Å². The van der Waals surface area contributed by atoms with E-state index in [1.165, 1.54) is 24.3 Å². The smallest absolute Gasteiger partial charge is 0.332 e. The Morgan fingerprint density at radius 1 is 0.733 bits per heavy atom. The van der Waals surface area contributed by atoms with Gasteiger partial charge in [0.1, 0.15) is 22.2 Å². The molecule has 4 rings (SSSR count). The summed E-state index contributed by atoms with van der Waals surface area (Å²) >= 11 is 0. The first-order chi connectivity index (χ1) is 21.3. The monoisotopic (exact) mass is 658 g/mol. The van der Waals surface area contributed by atoms with E-state index in [1.807, 2.05) is 0 Å². The average Bonchev–Trinajstić information content (AvgIpc) is 3.00. The first kappa shape index (κ1) is 34.5. The van der Waals surface area contributed by atoms with Gasteiger partial charge in [-0.3, -0.25) is 9.96 Å². The lowest BCUT2D eigenvalue weighted by atomic mass is 10.2. The Morgan fingerprint density at radius 3 is 1.73 bits per heavy atom. The molecule has 0 atom stereocenters. The molecular formula is C30H31FN4O8S2. The van der Waals surface area contributed by atoms with Gasteiger partial charge in [0.25, 0.3) is 10.1 Å². The molecule has 12 nitrogen and oxygen atoms in total. The highest BCUT2D eigenvalue weighted by atomic mass is 32.3. The Morgan fingerprint density at radius 2 is 1.24 bits per heavy atom. The van der Waals surface area contributed by atoms with E-state index in [4.69, 9.17) is 25.2 Å². The van der Waals surface area contributed by atoms with E-state index in [2.05, 4.69) is 10.6 Å². The number of nitrogen functional groups attached to an aromatic ring is 1. The fourth-order valence-corrected chi connectivity index (χ4v) is 4.57. The van der Waals surface area contributed by atoms with Gasteiger partial charge in [0.05, 0.1) is 18.1 Å². The van der Waals surface area contributed by atoms with E-state index < -0.39 is 31.3 Å². The van der Waals surface area contributed by atoms with Gasteiger partial charge in [-0.05, 0) is 91.7 Å². The Labute approximate surface area is 260 Å². The molecule has 6 N–H and O–H groups in total. The summed E-state index contributed by atoms with van der Waals surface area (Å²) in [5.41, 5.74) is 6.70. The largest absolute Gasteiger partial charge is 0.494 e. The summed E-state index contributed by atoms with van der Waals surface area (Å²) in [6, 6.07) is 25.5. The van der Waals surface area contributed by atoms with Crippen LogP contribution in [0.1, 0.15) is 18.4 Å². The Kier molecular flexibility index (Phi) is 12.4. The van der Waals surface area contributed by atoms with Crippen molar-refractivity contribution in [2.45, 2.75) is 22.6 Å². The summed E-state index contributed by atoms with van der Waals surface area (Å²) in [6.45, 7) is 1.02. The lowest BCUT2D eigenvalue weighted by molar-refractivity contribution is 0.262. The van der Waals surface area contributed by atoms with Gasteiger partial charge < -0.3 is 25.8 Å². The Hall–Kier alpha value is -4.99. The van der Waals surface area contributed by atoms with Crippen LogP contribution in [0.4, 0.5) is 20.1 Å². The molecule has 0 spiro atoms. The first-order valence-corrected chi connectivity index (χ1v) is 16.1. The third-order valence-corrected chi connectivity index (χ3v) is 7.45. The topological polar surface area (TPSA) is 198 Å². The Bertz CT molecular complexity index is 1790. The number of nitrogens with one attached hydrogen (secondary N) is 3. The van der Waals surface area contributed by atoms with Crippen molar-refractivity contribution < 1.29 is 39.5 Å². The van der Waals surface area contributed by atoms with Gasteiger partial charge in [0.15, 0.2) is 0 Å². The molecule has 4 aromatic carbocycles. The third kappa shape index (κ3) is 12.3. The van der Waals surface area contributed by atoms with Crippen LogP contribution < -0.4 is 25.8 Å². The highest BCUT2D eigenvalue weighted by Gasteiger charge is 2.13. The predicted molar refractivity (Wildman–Crippen MR) is 168 cm³/mol. The molecule has 0 bridgehead atoms. The fourth-order valence-electron chi connectivity index (χ4n) is 3.56. The molecule has 238 valence electrons. The second-order valence-corrected chi connectivity index (χ2v) is 12.0. The number of anilines is 2. The number of amidine groups is 1. The van der Waals surface area contributed by atoms with E-state index in [-0.39, 0.29) is 16.4 Å². The third-order valence-electron chi connectivity index (χ3n) is 5.77. The molecule has 0 fully saturated rings. The molecule has 2 amide bonds. The van der Waals surface area contributed by atoms with Crippen molar-refractivity contribution in [2.75, 3.05) is 23.8 Å². The van der Waals surface area contributed by atoms with Gasteiger partial charge in [-0.25, -0.2) is 4.79 Å². The normalized spacial score (nSPS) is 11.0. The Balaban J connectivity index is 0.000000468. The quantitative estimate of drug-likeness (QED) is 0.0432. The van der Waals surface area contributed by atoms with Gasteiger partial charge in [-0.15, -0.1) is 3.89 Å². The number of unbranched alkanes of at least 4 members (excludes halogenated alkanes) is 1. The minimum atomic E-state index is -4.86. The second kappa shape index (κ2) is 16.2. The lowest BCUT2D eigenvalue weighted by Crippen LogP contribution is -2.19. The molecular weight excluding hydrogens is 627 g/mol. The van der Waals surface area contributed by atoms with E-state index in [9.17, 15) is 25.5 Å². The molecule has 0 heterocycles. The molecule has 0 aliphatic carbocycles. The maximum atomic E-state index is 13.1. The molecule has 0 saturated carbocycles. The molecule has 45 heavy (non-hydrogen) atoms. The number of halogens is 1. The average molecular weight is 659 g/mol. The van der Waals surface area contributed by atoms with Gasteiger partial charge in [-0.1, -0.05) is 24.3 Å². The molecule has 0 radical (unpaired) electrons. The van der Waals surface area contributed by atoms with Crippen LogP contribution in [0, 0.1) is 5.41 Å². The number of carbonyl (C=O) groups is 1. The summed E-state index contributed by atoms with van der Waals surface area (Å²) in [7, 11) is -8.86. The molecule has 0 saturated heterocycles. The number of nitrogens with two attached hydrogens (primary N) is 1. The number of rotatable bonds is 12. The van der Waals surface area contributed by atoms with Crippen LogP contribution in [0.15, 0.2) is 113 Å². The summed E-state index contributed by atoms with van der Waals surface area (Å²) in [5, 5.41) is 12.4. The van der Waals surface area contributed by atoms with Crippen LogP contribution in [0.2, 0.25) is 0 Å². The van der Waals surface area contributed by atoms with E-state index in [0.717, 1.165) is 25.0 Å². The number of hydrogen-bond acceptors (Lipinski definition) is 8. The summed E-state index contributed by atoms with van der Waals surface area (Å²) in [4.78, 5) is 11.5. The maximum absolute atomic E-state index is 13.1. The molecule has 0 aliphatic heterocycles. The zero-order valence-corrected chi connectivity index (χ0v) is 25.4. The van der Waals surface area contributed by atoms with Crippen LogP contribution >= 0.6 is 0 Å². The van der Waals surface area contributed by atoms with Gasteiger partial charge in [0, 0.05) is 16.9 Å². The maximum Gasteiger partial charge on any atom is 0.332 e. The van der Waals surface area contributed by atoms with Crippen LogP contribution in [-0.4, -0.2) is 46.5 Å². The molecule has 15 heteroatoms. The number of urea groups is 1. The first-order valence-electron chi connectivity index (χ1n) is 13.3. The van der Waals surface area contributed by atoms with Crippen LogP contribution in [0.25, 0.3) is 0 Å². The number of hydrogen-bond donors (Lipinski definition) is 5. The highest BCUT2D eigenvalue weighted by molar-refractivity contribution is 7.86. The lowest BCUT2D eigenvalue weighted by Gasteiger charge is -2.10. The number of carbonyl (C=O) groups excluding carboxylic acids is 1. The minimum absolute atomic E-state index is 0.0146. The van der Waals surface area contributed by atoms with Crippen molar-refractivity contribution in [3.05, 3.63) is 109 Å². The molecule has 0 unspecified atom stereocenters. The van der Waals surface area contributed by atoms with E-state index >= 15 is 0 Å². The molecule has 0 aliphatic rings. The zero-order valence-electron chi connectivity index (χ0n) is 23.7. The summed E-state index contributed by atoms with van der Waals surface area (Å²) in [6.07, 6.45) is 1.57. The van der Waals surface area contributed by atoms with Crippen LogP contribution in [0.5, 0.6) is 11.5 Å². The van der Waals surface area contributed by atoms with Crippen molar-refractivity contribution in [3.63, 3.8) is 0 Å². The second-order valence-electron chi connectivity index (χ2n) is 9.20. The summed E-state index contributed by atoms with van der Waals surface area (Å²) in [5.74, 6) is 1.36. The van der Waals surface area contributed by atoms with Crippen LogP contribution in [0.3, 0.4) is 0 Å². The van der Waals surface area contributed by atoms with E-state index in [0.29, 0.717) is 36.0 Å². The molecule has 4 aromatic rings.